The van der Waals surface area contributed by atoms with E-state index in [-0.39, 0.29) is 11.3 Å². The van der Waals surface area contributed by atoms with Gasteiger partial charge in [0.15, 0.2) is 5.57 Å². The zero-order valence-electron chi connectivity index (χ0n) is 14.3. The second-order valence-electron chi connectivity index (χ2n) is 5.92. The van der Waals surface area contributed by atoms with E-state index >= 15 is 0 Å². The maximum absolute atomic E-state index is 12.1. The van der Waals surface area contributed by atoms with Gasteiger partial charge >= 0.3 is 11.9 Å². The molecular formula is C16H17N3O7. The Balaban J connectivity index is 1.97. The van der Waals surface area contributed by atoms with E-state index in [1.54, 1.807) is 0 Å². The van der Waals surface area contributed by atoms with E-state index in [9.17, 15) is 24.5 Å². The van der Waals surface area contributed by atoms with E-state index in [0.717, 1.165) is 6.20 Å². The van der Waals surface area contributed by atoms with Crippen molar-refractivity contribution in [3.8, 4) is 0 Å². The molecule has 0 bridgehead atoms. The van der Waals surface area contributed by atoms with Crippen molar-refractivity contribution in [1.29, 1.82) is 0 Å². The van der Waals surface area contributed by atoms with Gasteiger partial charge in [0, 0.05) is 37.9 Å². The number of hydrogen-bond acceptors (Lipinski definition) is 8. The highest BCUT2D eigenvalue weighted by molar-refractivity contribution is 6.15. The van der Waals surface area contributed by atoms with Gasteiger partial charge in [0.05, 0.1) is 4.92 Å². The average Bonchev–Trinajstić information content (AvgIpc) is 2.53. The second kappa shape index (κ2) is 7.21. The summed E-state index contributed by atoms with van der Waals surface area (Å²) in [7, 11) is 0. The molecule has 1 aromatic rings. The first-order valence-corrected chi connectivity index (χ1v) is 7.57. The van der Waals surface area contributed by atoms with Crippen molar-refractivity contribution in [2.75, 3.05) is 5.32 Å². The molecule has 1 heterocycles. The van der Waals surface area contributed by atoms with Crippen molar-refractivity contribution < 1.29 is 28.8 Å². The van der Waals surface area contributed by atoms with Crippen LogP contribution in [0.5, 0.6) is 0 Å². The Bertz CT molecular complexity index is 762. The molecule has 1 unspecified atom stereocenters. The van der Waals surface area contributed by atoms with Crippen LogP contribution in [0.2, 0.25) is 0 Å². The molecule has 1 aliphatic rings. The SMILES string of the molecule is CC(NC=C1C(=O)OC(C)(C)OC1=O)C(=O)Nc1ccc([N+](=O)[O-])cc1. The number of hydrogen-bond donors (Lipinski definition) is 2. The number of nitrogens with one attached hydrogen (secondary N) is 2. The van der Waals surface area contributed by atoms with Crippen LogP contribution in [0.3, 0.4) is 0 Å². The summed E-state index contributed by atoms with van der Waals surface area (Å²) in [6, 6.07) is 4.48. The Morgan fingerprint density at radius 1 is 1.19 bits per heavy atom. The maximum Gasteiger partial charge on any atom is 0.350 e. The summed E-state index contributed by atoms with van der Waals surface area (Å²) < 4.78 is 9.86. The predicted octanol–water partition coefficient (Wildman–Crippen LogP) is 1.23. The highest BCUT2D eigenvalue weighted by atomic mass is 16.7. The quantitative estimate of drug-likeness (QED) is 0.262. The highest BCUT2D eigenvalue weighted by Gasteiger charge is 2.39. The summed E-state index contributed by atoms with van der Waals surface area (Å²) in [4.78, 5) is 45.7. The van der Waals surface area contributed by atoms with E-state index in [1.807, 2.05) is 0 Å². The molecule has 10 heteroatoms. The number of nitrogens with zero attached hydrogens (tertiary/aromatic N) is 1. The van der Waals surface area contributed by atoms with Crippen LogP contribution in [0.4, 0.5) is 11.4 Å². The smallest absolute Gasteiger partial charge is 0.350 e. The topological polar surface area (TPSA) is 137 Å². The standard InChI is InChI=1S/C16H17N3O7/c1-9(13(20)18-10-4-6-11(7-5-10)19(23)24)17-8-12-14(21)25-16(2,3)26-15(12)22/h4-9,17H,1-3H3,(H,18,20). The van der Waals surface area contributed by atoms with Crippen LogP contribution >= 0.6 is 0 Å². The summed E-state index contributed by atoms with van der Waals surface area (Å²) >= 11 is 0. The number of cyclic esters (lactones) is 2. The Morgan fingerprint density at radius 2 is 1.73 bits per heavy atom. The fourth-order valence-corrected chi connectivity index (χ4v) is 1.98. The summed E-state index contributed by atoms with van der Waals surface area (Å²) in [6.07, 6.45) is 1.06. The third kappa shape index (κ3) is 4.56. The Hall–Kier alpha value is -3.43. The van der Waals surface area contributed by atoms with Crippen LogP contribution in [-0.4, -0.2) is 34.6 Å². The zero-order valence-corrected chi connectivity index (χ0v) is 14.3. The van der Waals surface area contributed by atoms with E-state index < -0.39 is 34.6 Å². The monoisotopic (exact) mass is 363 g/mol. The number of ether oxygens (including phenoxy) is 2. The normalized spacial score (nSPS) is 16.8. The predicted molar refractivity (Wildman–Crippen MR) is 88.7 cm³/mol. The minimum absolute atomic E-state index is 0.101. The van der Waals surface area contributed by atoms with Crippen molar-refractivity contribution >= 4 is 29.2 Å². The molecule has 1 saturated heterocycles. The first-order valence-electron chi connectivity index (χ1n) is 7.57. The Kier molecular flexibility index (Phi) is 5.24. The number of non-ortho nitro benzene ring substituents is 1. The number of carbonyl (C=O) groups excluding carboxylic acids is 3. The molecule has 0 aromatic heterocycles. The largest absolute Gasteiger partial charge is 0.419 e. The second-order valence-corrected chi connectivity index (χ2v) is 5.92. The van der Waals surface area contributed by atoms with Crippen molar-refractivity contribution in [3.63, 3.8) is 0 Å². The lowest BCUT2D eigenvalue weighted by Gasteiger charge is -2.29. The molecule has 2 rings (SSSR count). The number of carbonyl (C=O) groups is 3. The van der Waals surface area contributed by atoms with Gasteiger partial charge in [0.1, 0.15) is 6.04 Å². The highest BCUT2D eigenvalue weighted by Crippen LogP contribution is 2.22. The third-order valence-electron chi connectivity index (χ3n) is 3.33. The van der Waals surface area contributed by atoms with Crippen LogP contribution in [0.15, 0.2) is 36.0 Å². The fourth-order valence-electron chi connectivity index (χ4n) is 1.98. The van der Waals surface area contributed by atoms with Crippen LogP contribution in [0.1, 0.15) is 20.8 Å². The number of rotatable bonds is 5. The lowest BCUT2D eigenvalue weighted by Crippen LogP contribution is -2.43. The molecule has 0 radical (unpaired) electrons. The first kappa shape index (κ1) is 18.9. The van der Waals surface area contributed by atoms with Crippen LogP contribution in [-0.2, 0) is 23.9 Å². The van der Waals surface area contributed by atoms with Gasteiger partial charge in [0.25, 0.3) is 11.5 Å². The number of esters is 2. The van der Waals surface area contributed by atoms with Crippen molar-refractivity contribution in [2.45, 2.75) is 32.6 Å². The number of benzene rings is 1. The minimum atomic E-state index is -1.34. The lowest BCUT2D eigenvalue weighted by molar-refractivity contribution is -0.384. The van der Waals surface area contributed by atoms with Gasteiger partial charge < -0.3 is 20.1 Å². The van der Waals surface area contributed by atoms with Gasteiger partial charge in [-0.3, -0.25) is 14.9 Å². The van der Waals surface area contributed by atoms with Crippen molar-refractivity contribution in [3.05, 3.63) is 46.2 Å². The van der Waals surface area contributed by atoms with Gasteiger partial charge in [-0.2, -0.15) is 0 Å². The third-order valence-corrected chi connectivity index (χ3v) is 3.33. The molecule has 0 saturated carbocycles. The summed E-state index contributed by atoms with van der Waals surface area (Å²) in [5.41, 5.74) is -0.101. The van der Waals surface area contributed by atoms with Gasteiger partial charge in [-0.15, -0.1) is 0 Å². The van der Waals surface area contributed by atoms with E-state index in [2.05, 4.69) is 10.6 Å². The molecule has 26 heavy (non-hydrogen) atoms. The van der Waals surface area contributed by atoms with Crippen molar-refractivity contribution in [2.24, 2.45) is 0 Å². The van der Waals surface area contributed by atoms with Crippen LogP contribution in [0, 0.1) is 10.1 Å². The molecule has 1 fully saturated rings. The average molecular weight is 363 g/mol. The number of nitro groups is 1. The molecule has 1 aromatic carbocycles. The molecular weight excluding hydrogens is 346 g/mol. The maximum atomic E-state index is 12.1. The van der Waals surface area contributed by atoms with Crippen LogP contribution in [0.25, 0.3) is 0 Å². The first-order chi connectivity index (χ1) is 12.1. The molecule has 1 atom stereocenters. The van der Waals surface area contributed by atoms with Gasteiger partial charge in [-0.1, -0.05) is 0 Å². The van der Waals surface area contributed by atoms with E-state index in [1.165, 1.54) is 45.0 Å². The molecule has 10 nitrogen and oxygen atoms in total. The summed E-state index contributed by atoms with van der Waals surface area (Å²) in [6.45, 7) is 4.35. The molecule has 0 spiro atoms. The van der Waals surface area contributed by atoms with Gasteiger partial charge in [-0.05, 0) is 19.1 Å². The van der Waals surface area contributed by atoms with Crippen molar-refractivity contribution in [1.82, 2.24) is 5.32 Å². The molecule has 138 valence electrons. The zero-order chi connectivity index (χ0) is 19.5. The number of anilines is 1. The van der Waals surface area contributed by atoms with Gasteiger partial charge in [-0.25, -0.2) is 9.59 Å². The molecule has 0 aliphatic carbocycles. The Labute approximate surface area is 148 Å². The summed E-state index contributed by atoms with van der Waals surface area (Å²) in [5.74, 6) is -3.54. The molecule has 1 amide bonds. The van der Waals surface area contributed by atoms with E-state index in [0.29, 0.717) is 5.69 Å². The molecule has 1 aliphatic heterocycles. The molecule has 2 N–H and O–H groups in total. The number of amides is 1. The fraction of sp³-hybridized carbons (Fsp3) is 0.312. The lowest BCUT2D eigenvalue weighted by atomic mass is 10.2. The van der Waals surface area contributed by atoms with Crippen LogP contribution < -0.4 is 10.6 Å². The minimum Gasteiger partial charge on any atom is -0.419 e. The Morgan fingerprint density at radius 3 is 2.23 bits per heavy atom. The number of nitro benzene ring substituents is 1. The summed E-state index contributed by atoms with van der Waals surface area (Å²) in [5, 5.41) is 15.7. The van der Waals surface area contributed by atoms with E-state index in [4.69, 9.17) is 9.47 Å². The van der Waals surface area contributed by atoms with Gasteiger partial charge in [0.2, 0.25) is 5.91 Å².